The lowest BCUT2D eigenvalue weighted by molar-refractivity contribution is -0.138. The third-order valence-electron chi connectivity index (χ3n) is 6.31. The average molecular weight is 448 g/mol. The number of hydrogen-bond acceptors (Lipinski definition) is 5. The first-order valence-corrected chi connectivity index (χ1v) is 11.3. The van der Waals surface area contributed by atoms with Gasteiger partial charge >= 0.3 is 5.97 Å². The predicted octanol–water partition coefficient (Wildman–Crippen LogP) is 3.21. The van der Waals surface area contributed by atoms with Gasteiger partial charge in [-0.15, -0.1) is 0 Å². The van der Waals surface area contributed by atoms with Crippen molar-refractivity contribution in [1.29, 1.82) is 0 Å². The number of nitrogens with zero attached hydrogens (tertiary/aromatic N) is 4. The third-order valence-corrected chi connectivity index (χ3v) is 6.31. The number of nitrogens with two attached hydrogens (primary N) is 1. The van der Waals surface area contributed by atoms with Crippen molar-refractivity contribution in [2.24, 2.45) is 5.92 Å². The molecule has 0 aliphatic carbocycles. The first-order valence-electron chi connectivity index (χ1n) is 11.3. The average Bonchev–Trinajstić information content (AvgIpc) is 3.31. The van der Waals surface area contributed by atoms with Gasteiger partial charge in [0.05, 0.1) is 12.0 Å². The topological polar surface area (TPSA) is 114 Å². The minimum Gasteiger partial charge on any atom is -0.481 e. The minimum atomic E-state index is -0.910. The zero-order valence-electron chi connectivity index (χ0n) is 18.5. The molecule has 1 unspecified atom stereocenters. The fraction of sp³-hybridized carbons (Fsp3) is 0.360. The van der Waals surface area contributed by atoms with Gasteiger partial charge in [-0.2, -0.15) is 0 Å². The molecular formula is C25H29N5O3. The van der Waals surface area contributed by atoms with Crippen LogP contribution in [0.5, 0.6) is 0 Å². The van der Waals surface area contributed by atoms with Crippen molar-refractivity contribution >= 4 is 17.7 Å². The standard InChI is InChI=1S/C25H29N5O3/c26-23-7-6-19(15-27-23)14-21(25(32)33)22-16-29(17-28-22)11-8-18-9-12-30(13-10-18)24(31)20-4-2-1-3-5-20/h1-7,15-18,21H,8-14H2,(H2,26,27)(H,32,33). The second-order valence-corrected chi connectivity index (χ2v) is 8.61. The maximum atomic E-state index is 12.6. The largest absolute Gasteiger partial charge is 0.481 e. The number of pyridine rings is 1. The molecule has 0 spiro atoms. The van der Waals surface area contributed by atoms with Crippen LogP contribution in [0.3, 0.4) is 0 Å². The van der Waals surface area contributed by atoms with E-state index in [-0.39, 0.29) is 5.91 Å². The van der Waals surface area contributed by atoms with Gasteiger partial charge in [-0.25, -0.2) is 9.97 Å². The Kier molecular flexibility index (Phi) is 7.02. The van der Waals surface area contributed by atoms with Gasteiger partial charge in [-0.3, -0.25) is 9.59 Å². The van der Waals surface area contributed by atoms with Crippen LogP contribution < -0.4 is 5.73 Å². The van der Waals surface area contributed by atoms with Gasteiger partial charge in [0.2, 0.25) is 0 Å². The number of aliphatic carboxylic acids is 1. The Morgan fingerprint density at radius 2 is 1.85 bits per heavy atom. The maximum absolute atomic E-state index is 12.6. The van der Waals surface area contributed by atoms with E-state index in [0.29, 0.717) is 23.9 Å². The molecular weight excluding hydrogens is 418 g/mol. The molecule has 3 aromatic rings. The summed E-state index contributed by atoms with van der Waals surface area (Å²) >= 11 is 0. The number of carbonyl (C=O) groups excluding carboxylic acids is 1. The van der Waals surface area contributed by atoms with Crippen LogP contribution in [0.15, 0.2) is 61.2 Å². The van der Waals surface area contributed by atoms with E-state index in [9.17, 15) is 14.7 Å². The van der Waals surface area contributed by atoms with Crippen LogP contribution in [-0.4, -0.2) is 49.5 Å². The lowest BCUT2D eigenvalue weighted by Crippen LogP contribution is -2.38. The van der Waals surface area contributed by atoms with Crippen LogP contribution in [0.2, 0.25) is 0 Å². The molecule has 4 rings (SSSR count). The fourth-order valence-corrected chi connectivity index (χ4v) is 4.31. The van der Waals surface area contributed by atoms with E-state index in [2.05, 4.69) is 9.97 Å². The van der Waals surface area contributed by atoms with Gasteiger partial charge < -0.3 is 20.3 Å². The van der Waals surface area contributed by atoms with Crippen molar-refractivity contribution in [2.45, 2.75) is 38.1 Å². The smallest absolute Gasteiger partial charge is 0.312 e. The summed E-state index contributed by atoms with van der Waals surface area (Å²) in [4.78, 5) is 34.8. The van der Waals surface area contributed by atoms with Crippen molar-refractivity contribution < 1.29 is 14.7 Å². The van der Waals surface area contributed by atoms with Crippen LogP contribution in [0, 0.1) is 5.92 Å². The molecule has 1 aliphatic rings. The molecule has 1 aliphatic heterocycles. The summed E-state index contributed by atoms with van der Waals surface area (Å²) in [5, 5.41) is 9.71. The summed E-state index contributed by atoms with van der Waals surface area (Å²) in [6.07, 6.45) is 8.38. The van der Waals surface area contributed by atoms with Crippen LogP contribution in [-0.2, 0) is 17.8 Å². The van der Waals surface area contributed by atoms with Gasteiger partial charge in [0.1, 0.15) is 11.7 Å². The highest BCUT2D eigenvalue weighted by Crippen LogP contribution is 2.24. The first-order chi connectivity index (χ1) is 16.0. The first kappa shape index (κ1) is 22.5. The zero-order chi connectivity index (χ0) is 23.2. The third kappa shape index (κ3) is 5.77. The van der Waals surface area contributed by atoms with E-state index in [1.54, 1.807) is 24.7 Å². The number of benzene rings is 1. The lowest BCUT2D eigenvalue weighted by Gasteiger charge is -2.32. The number of carbonyl (C=O) groups is 2. The number of likely N-dealkylation sites (tertiary alicyclic amines) is 1. The Balaban J connectivity index is 1.28. The second kappa shape index (κ2) is 10.3. The normalized spacial score (nSPS) is 15.3. The zero-order valence-corrected chi connectivity index (χ0v) is 18.5. The predicted molar refractivity (Wildman–Crippen MR) is 125 cm³/mol. The molecule has 1 aromatic carbocycles. The van der Waals surface area contributed by atoms with Crippen LogP contribution in [0.1, 0.15) is 46.8 Å². The highest BCUT2D eigenvalue weighted by atomic mass is 16.4. The van der Waals surface area contributed by atoms with E-state index in [1.165, 1.54) is 0 Å². The lowest BCUT2D eigenvalue weighted by atomic mass is 9.93. The van der Waals surface area contributed by atoms with Gasteiger partial charge in [0, 0.05) is 37.6 Å². The number of aromatic nitrogens is 3. The van der Waals surface area contributed by atoms with Crippen molar-refractivity contribution in [2.75, 3.05) is 18.8 Å². The quantitative estimate of drug-likeness (QED) is 0.548. The summed E-state index contributed by atoms with van der Waals surface area (Å²) in [6, 6.07) is 12.9. The molecule has 2 aromatic heterocycles. The van der Waals surface area contributed by atoms with Crippen LogP contribution in [0.25, 0.3) is 0 Å². The summed E-state index contributed by atoms with van der Waals surface area (Å²) in [7, 11) is 0. The van der Waals surface area contributed by atoms with Gasteiger partial charge in [-0.1, -0.05) is 24.3 Å². The van der Waals surface area contributed by atoms with E-state index in [1.807, 2.05) is 46.0 Å². The molecule has 8 heteroatoms. The maximum Gasteiger partial charge on any atom is 0.312 e. The summed E-state index contributed by atoms with van der Waals surface area (Å²) in [5.41, 5.74) is 7.71. The van der Waals surface area contributed by atoms with Crippen molar-refractivity contribution in [3.05, 3.63) is 78.0 Å². The number of nitrogen functional groups attached to an aromatic ring is 1. The molecule has 3 N–H and O–H groups in total. The second-order valence-electron chi connectivity index (χ2n) is 8.61. The molecule has 3 heterocycles. The van der Waals surface area contributed by atoms with Gasteiger partial charge in [-0.05, 0) is 55.4 Å². The van der Waals surface area contributed by atoms with Crippen LogP contribution >= 0.6 is 0 Å². The highest BCUT2D eigenvalue weighted by Gasteiger charge is 2.25. The number of aryl methyl sites for hydroxylation is 1. The Hall–Kier alpha value is -3.68. The van der Waals surface area contributed by atoms with Crippen LogP contribution in [0.4, 0.5) is 5.82 Å². The molecule has 0 bridgehead atoms. The molecule has 1 fully saturated rings. The number of piperidine rings is 1. The van der Waals surface area contributed by atoms with E-state index in [4.69, 9.17) is 5.73 Å². The van der Waals surface area contributed by atoms with Gasteiger partial charge in [0.25, 0.3) is 5.91 Å². The summed E-state index contributed by atoms with van der Waals surface area (Å²) in [6.45, 7) is 2.31. The number of rotatable bonds is 8. The molecule has 1 amide bonds. The fourth-order valence-electron chi connectivity index (χ4n) is 4.31. The highest BCUT2D eigenvalue weighted by molar-refractivity contribution is 5.94. The van der Waals surface area contributed by atoms with Gasteiger partial charge in [0.15, 0.2) is 0 Å². The molecule has 33 heavy (non-hydrogen) atoms. The van der Waals surface area contributed by atoms with E-state index in [0.717, 1.165) is 50.0 Å². The number of carboxylic acids is 1. The molecule has 8 nitrogen and oxygen atoms in total. The number of carboxylic acid groups (broad SMARTS) is 1. The SMILES string of the molecule is Nc1ccc(CC(C(=O)O)c2cn(CCC3CCN(C(=O)c4ccccc4)CC3)cn2)cn1. The molecule has 0 radical (unpaired) electrons. The number of anilines is 1. The Morgan fingerprint density at radius 3 is 2.52 bits per heavy atom. The van der Waals surface area contributed by atoms with Crippen molar-refractivity contribution in [1.82, 2.24) is 19.4 Å². The molecule has 0 saturated carbocycles. The summed E-state index contributed by atoms with van der Waals surface area (Å²) < 4.78 is 1.97. The molecule has 1 atom stereocenters. The monoisotopic (exact) mass is 447 g/mol. The number of amides is 1. The Labute approximate surface area is 193 Å². The number of imidazole rings is 1. The van der Waals surface area contributed by atoms with Crippen molar-refractivity contribution in [3.63, 3.8) is 0 Å². The Morgan fingerprint density at radius 1 is 1.09 bits per heavy atom. The van der Waals surface area contributed by atoms with Crippen molar-refractivity contribution in [3.8, 4) is 0 Å². The molecule has 1 saturated heterocycles. The molecule has 172 valence electrons. The minimum absolute atomic E-state index is 0.101. The van der Waals surface area contributed by atoms with E-state index >= 15 is 0 Å². The number of hydrogen-bond donors (Lipinski definition) is 2. The Bertz CT molecular complexity index is 1070. The summed E-state index contributed by atoms with van der Waals surface area (Å²) in [5.74, 6) is -0.599. The van der Waals surface area contributed by atoms with E-state index < -0.39 is 11.9 Å².